The van der Waals surface area contributed by atoms with Crippen LogP contribution >= 0.6 is 11.6 Å². The molecule has 1 atom stereocenters. The van der Waals surface area contributed by atoms with Gasteiger partial charge in [0.2, 0.25) is 5.91 Å². The number of nitrogens with zero attached hydrogens (tertiary/aromatic N) is 1. The molecule has 1 aromatic heterocycles. The molecule has 5 rings (SSSR count). The van der Waals surface area contributed by atoms with Crippen LogP contribution in [0.1, 0.15) is 34.8 Å². The zero-order valence-electron chi connectivity index (χ0n) is 20.8. The summed E-state index contributed by atoms with van der Waals surface area (Å²) in [6.07, 6.45) is -1.56. The molecule has 1 aliphatic heterocycles. The highest BCUT2D eigenvalue weighted by Gasteiger charge is 2.33. The van der Waals surface area contributed by atoms with Gasteiger partial charge in [-0.15, -0.1) is 0 Å². The molecule has 0 bridgehead atoms. The maximum absolute atomic E-state index is 14.0. The number of aromatic nitrogens is 1. The molecule has 1 aliphatic rings. The van der Waals surface area contributed by atoms with Gasteiger partial charge in [0.1, 0.15) is 23.5 Å². The largest absolute Gasteiger partial charge is 0.416 e. The van der Waals surface area contributed by atoms with Gasteiger partial charge in [-0.2, -0.15) is 13.2 Å². The maximum Gasteiger partial charge on any atom is 0.416 e. The van der Waals surface area contributed by atoms with Gasteiger partial charge >= 0.3 is 6.18 Å². The van der Waals surface area contributed by atoms with Crippen molar-refractivity contribution in [3.05, 3.63) is 124 Å². The molecular weight excluding hydrogens is 549 g/mol. The number of benzene rings is 3. The summed E-state index contributed by atoms with van der Waals surface area (Å²) in [6, 6.07) is 16.2. The first kappa shape index (κ1) is 27.5. The third-order valence-electron chi connectivity index (χ3n) is 6.56. The van der Waals surface area contributed by atoms with Gasteiger partial charge in [0.15, 0.2) is 0 Å². The fourth-order valence-corrected chi connectivity index (χ4v) is 4.88. The van der Waals surface area contributed by atoms with Crippen molar-refractivity contribution in [2.24, 2.45) is 0 Å². The molecule has 0 radical (unpaired) electrons. The van der Waals surface area contributed by atoms with E-state index in [1.54, 1.807) is 54.1 Å². The molecule has 1 unspecified atom stereocenters. The second-order valence-electron chi connectivity index (χ2n) is 9.38. The van der Waals surface area contributed by atoms with E-state index in [9.17, 15) is 26.7 Å². The number of hydrogen-bond donors (Lipinski definition) is 2. The van der Waals surface area contributed by atoms with Gasteiger partial charge in [-0.05, 0) is 60.0 Å². The van der Waals surface area contributed by atoms with Crippen LogP contribution in [0.5, 0.6) is 0 Å². The van der Waals surface area contributed by atoms with Crippen molar-refractivity contribution in [1.29, 1.82) is 0 Å². The SMILES string of the molecule is O=C(CC1=C[NH2+]c2ccc(C(F)(F)F)cc21)NC(Cc1cc(F)cc(F)c1)c1ncccc1-c1ccc(Cl)cc1. The number of halogens is 6. The van der Waals surface area contributed by atoms with Gasteiger partial charge in [0.25, 0.3) is 0 Å². The van der Waals surface area contributed by atoms with Crippen molar-refractivity contribution in [2.75, 3.05) is 0 Å². The Balaban J connectivity index is 1.46. The van der Waals surface area contributed by atoms with E-state index in [2.05, 4.69) is 10.3 Å². The first-order chi connectivity index (χ1) is 19.1. The lowest BCUT2D eigenvalue weighted by molar-refractivity contribution is -0.491. The van der Waals surface area contributed by atoms with Crippen LogP contribution in [0.25, 0.3) is 16.7 Å². The molecule has 3 aromatic carbocycles. The summed E-state index contributed by atoms with van der Waals surface area (Å²) in [5.41, 5.74) is 2.71. The normalized spacial score (nSPS) is 13.5. The van der Waals surface area contributed by atoms with E-state index < -0.39 is 35.3 Å². The Labute approximate surface area is 231 Å². The lowest BCUT2D eigenvalue weighted by Crippen LogP contribution is -2.69. The van der Waals surface area contributed by atoms with E-state index in [1.807, 2.05) is 0 Å². The van der Waals surface area contributed by atoms with Crippen LogP contribution in [0.2, 0.25) is 5.02 Å². The molecule has 0 aliphatic carbocycles. The number of amides is 1. The summed E-state index contributed by atoms with van der Waals surface area (Å²) < 4.78 is 67.9. The molecule has 0 fully saturated rings. The molecule has 40 heavy (non-hydrogen) atoms. The second-order valence-corrected chi connectivity index (χ2v) is 9.82. The van der Waals surface area contributed by atoms with E-state index in [1.165, 1.54) is 18.2 Å². The number of quaternary nitrogens is 1. The number of fused-ring (bicyclic) bond motifs is 1. The minimum atomic E-state index is -4.52. The van der Waals surface area contributed by atoms with Gasteiger partial charge in [-0.25, -0.2) is 8.78 Å². The smallest absolute Gasteiger partial charge is 0.347 e. The van der Waals surface area contributed by atoms with E-state index in [4.69, 9.17) is 11.6 Å². The molecule has 2 heterocycles. The molecule has 4 aromatic rings. The van der Waals surface area contributed by atoms with Gasteiger partial charge in [0.05, 0.1) is 23.7 Å². The van der Waals surface area contributed by atoms with Gasteiger partial charge in [0, 0.05) is 40.1 Å². The van der Waals surface area contributed by atoms with Crippen molar-refractivity contribution in [3.8, 4) is 11.1 Å². The minimum absolute atomic E-state index is 0.0119. The third-order valence-corrected chi connectivity index (χ3v) is 6.81. The number of pyridine rings is 1. The number of hydrogen-bond acceptors (Lipinski definition) is 2. The highest BCUT2D eigenvalue weighted by atomic mass is 35.5. The van der Waals surface area contributed by atoms with Crippen molar-refractivity contribution < 1.29 is 32.1 Å². The first-order valence-electron chi connectivity index (χ1n) is 12.3. The van der Waals surface area contributed by atoms with Crippen LogP contribution in [0, 0.1) is 11.6 Å². The number of nitrogens with two attached hydrogens (primary N) is 1. The Morgan fingerprint density at radius 2 is 1.68 bits per heavy atom. The average molecular weight is 571 g/mol. The minimum Gasteiger partial charge on any atom is -0.347 e. The summed E-state index contributed by atoms with van der Waals surface area (Å²) in [5, 5.41) is 5.08. The van der Waals surface area contributed by atoms with Crippen molar-refractivity contribution in [2.45, 2.75) is 25.1 Å². The Morgan fingerprint density at radius 1 is 0.950 bits per heavy atom. The molecule has 4 nitrogen and oxygen atoms in total. The highest BCUT2D eigenvalue weighted by molar-refractivity contribution is 6.30. The zero-order chi connectivity index (χ0) is 28.4. The molecular formula is C30H22ClF5N3O+. The predicted octanol–water partition coefficient (Wildman–Crippen LogP) is 6.74. The van der Waals surface area contributed by atoms with Crippen LogP contribution in [0.15, 0.2) is 85.2 Å². The quantitative estimate of drug-likeness (QED) is 0.191. The van der Waals surface area contributed by atoms with Crippen molar-refractivity contribution in [3.63, 3.8) is 0 Å². The monoisotopic (exact) mass is 570 g/mol. The fraction of sp³-hybridized carbons (Fsp3) is 0.133. The second kappa shape index (κ2) is 11.2. The summed E-state index contributed by atoms with van der Waals surface area (Å²) in [4.78, 5) is 17.8. The summed E-state index contributed by atoms with van der Waals surface area (Å²) in [7, 11) is 0. The summed E-state index contributed by atoms with van der Waals surface area (Å²) in [5.74, 6) is -2.01. The van der Waals surface area contributed by atoms with E-state index in [-0.39, 0.29) is 12.8 Å². The van der Waals surface area contributed by atoms with Gasteiger partial charge in [-0.3, -0.25) is 15.1 Å². The standard InChI is InChI=1S/C30H21ClF5N3O/c31-21-6-3-18(4-7-21)24-2-1-9-37-29(24)27(12-17-10-22(32)15-23(33)11-17)39-28(40)13-19-16-38-26-8-5-20(14-25(19)26)30(34,35)36/h1-11,14-16,27,38H,12-13H2,(H,39,40)/p+1. The Bertz CT molecular complexity index is 1580. The lowest BCUT2D eigenvalue weighted by Gasteiger charge is -2.22. The van der Waals surface area contributed by atoms with E-state index >= 15 is 0 Å². The molecule has 0 saturated heterocycles. The van der Waals surface area contributed by atoms with Crippen LogP contribution in [0.4, 0.5) is 27.6 Å². The average Bonchev–Trinajstić information content (AvgIpc) is 3.29. The van der Waals surface area contributed by atoms with Crippen LogP contribution in [-0.2, 0) is 17.4 Å². The summed E-state index contributed by atoms with van der Waals surface area (Å²) >= 11 is 6.04. The number of carbonyl (C=O) groups is 1. The van der Waals surface area contributed by atoms with Crippen LogP contribution in [-0.4, -0.2) is 10.9 Å². The molecule has 10 heteroatoms. The zero-order valence-corrected chi connectivity index (χ0v) is 21.5. The summed E-state index contributed by atoms with van der Waals surface area (Å²) in [6.45, 7) is 0. The van der Waals surface area contributed by atoms with Gasteiger partial charge < -0.3 is 5.32 Å². The van der Waals surface area contributed by atoms with Crippen LogP contribution < -0.4 is 10.6 Å². The van der Waals surface area contributed by atoms with E-state index in [0.29, 0.717) is 38.7 Å². The first-order valence-corrected chi connectivity index (χ1v) is 12.7. The Kier molecular flexibility index (Phi) is 7.69. The van der Waals surface area contributed by atoms with Gasteiger partial charge in [-0.1, -0.05) is 29.8 Å². The van der Waals surface area contributed by atoms with E-state index in [0.717, 1.165) is 23.8 Å². The fourth-order valence-electron chi connectivity index (χ4n) is 4.76. The number of carbonyl (C=O) groups excluding carboxylic acids is 1. The Morgan fingerprint density at radius 3 is 2.38 bits per heavy atom. The van der Waals surface area contributed by atoms with Crippen molar-refractivity contribution >= 4 is 28.8 Å². The third kappa shape index (κ3) is 6.21. The number of rotatable bonds is 7. The maximum atomic E-state index is 14.0. The Hall–Kier alpha value is -4.08. The molecule has 204 valence electrons. The molecule has 3 N–H and O–H groups in total. The molecule has 0 spiro atoms. The van der Waals surface area contributed by atoms with Crippen LogP contribution in [0.3, 0.4) is 0 Å². The predicted molar refractivity (Wildman–Crippen MR) is 141 cm³/mol. The molecule has 0 saturated carbocycles. The lowest BCUT2D eigenvalue weighted by atomic mass is 9.95. The molecule has 1 amide bonds. The number of nitrogens with one attached hydrogen (secondary N) is 1. The highest BCUT2D eigenvalue weighted by Crippen LogP contribution is 2.35. The number of alkyl halides is 3. The topological polar surface area (TPSA) is 58.6 Å². The van der Waals surface area contributed by atoms with Crippen molar-refractivity contribution in [1.82, 2.24) is 10.3 Å².